The van der Waals surface area contributed by atoms with Crippen molar-refractivity contribution in [2.24, 2.45) is 0 Å². The van der Waals surface area contributed by atoms with Crippen molar-refractivity contribution >= 4 is 54.2 Å². The summed E-state index contributed by atoms with van der Waals surface area (Å²) in [6.07, 6.45) is 1.67. The van der Waals surface area contributed by atoms with Gasteiger partial charge in [0.05, 0.1) is 10.3 Å². The second kappa shape index (κ2) is 7.42. The van der Waals surface area contributed by atoms with Gasteiger partial charge in [-0.05, 0) is 54.0 Å². The number of hydrogen-bond donors (Lipinski definition) is 1. The van der Waals surface area contributed by atoms with Gasteiger partial charge in [0.1, 0.15) is 0 Å². The molecule has 1 aliphatic rings. The van der Waals surface area contributed by atoms with Gasteiger partial charge < -0.3 is 0 Å². The van der Waals surface area contributed by atoms with E-state index < -0.39 is 21.3 Å². The second-order valence-corrected chi connectivity index (χ2v) is 10.1. The predicted octanol–water partition coefficient (Wildman–Crippen LogP) is 5.35. The van der Waals surface area contributed by atoms with Crippen LogP contribution in [0.25, 0.3) is 10.8 Å². The maximum atomic E-state index is 13.3. The van der Waals surface area contributed by atoms with Crippen molar-refractivity contribution in [2.75, 3.05) is 0 Å². The zero-order valence-electron chi connectivity index (χ0n) is 15.7. The van der Waals surface area contributed by atoms with Gasteiger partial charge in [-0.25, -0.2) is 13.1 Å². The summed E-state index contributed by atoms with van der Waals surface area (Å²) >= 11 is 9.77. The minimum Gasteiger partial charge on any atom is -0.273 e. The van der Waals surface area contributed by atoms with Crippen molar-refractivity contribution < 1.29 is 13.2 Å². The third-order valence-corrected chi connectivity index (χ3v) is 8.26. The molecule has 0 radical (unpaired) electrons. The van der Waals surface area contributed by atoms with Gasteiger partial charge in [-0.1, -0.05) is 70.9 Å². The number of carbonyl (C=O) groups is 1. The van der Waals surface area contributed by atoms with Crippen LogP contribution in [0.15, 0.2) is 64.0 Å². The average Bonchev–Trinajstić information content (AvgIpc) is 3.09. The Hall–Kier alpha value is -1.89. The summed E-state index contributed by atoms with van der Waals surface area (Å²) in [5.74, 6) is -0.506. The Kier molecular flexibility index (Phi) is 5.21. The number of halogens is 2. The van der Waals surface area contributed by atoms with Crippen LogP contribution in [0.2, 0.25) is 5.02 Å². The first-order valence-electron chi connectivity index (χ1n) is 9.32. The standard InChI is InChI=1S/C22H19BrClNO3S/c1-2-22(13-12-16-17(22)8-5-9-19(16)24)21(26)25-29(27,28)20-11-10-18(23)14-6-3-4-7-15(14)20/h3-11H,2,12-13H2,1H3,(H,25,26). The van der Waals surface area contributed by atoms with Crippen LogP contribution in [0, 0.1) is 0 Å². The normalized spacial score (nSPS) is 18.6. The van der Waals surface area contributed by atoms with Crippen LogP contribution < -0.4 is 4.72 Å². The fourth-order valence-electron chi connectivity index (χ4n) is 4.24. The lowest BCUT2D eigenvalue weighted by Crippen LogP contribution is -2.45. The summed E-state index contributed by atoms with van der Waals surface area (Å²) in [7, 11) is -4.05. The first kappa shape index (κ1) is 20.4. The van der Waals surface area contributed by atoms with Crippen LogP contribution in [0.4, 0.5) is 0 Å². The fourth-order valence-corrected chi connectivity index (χ4v) is 6.25. The number of carbonyl (C=O) groups excluding carboxylic acids is 1. The molecule has 1 N–H and O–H groups in total. The van der Waals surface area contributed by atoms with Crippen molar-refractivity contribution in [3.63, 3.8) is 0 Å². The number of benzene rings is 3. The zero-order chi connectivity index (χ0) is 20.8. The summed E-state index contributed by atoms with van der Waals surface area (Å²) in [6.45, 7) is 1.90. The van der Waals surface area contributed by atoms with Crippen LogP contribution in [0.1, 0.15) is 30.9 Å². The number of sulfonamides is 1. The van der Waals surface area contributed by atoms with E-state index in [1.54, 1.807) is 30.3 Å². The minimum atomic E-state index is -4.05. The molecule has 0 aliphatic heterocycles. The molecule has 1 amide bonds. The lowest BCUT2D eigenvalue weighted by atomic mass is 9.79. The van der Waals surface area contributed by atoms with E-state index in [9.17, 15) is 13.2 Å². The van der Waals surface area contributed by atoms with Crippen LogP contribution in [0.5, 0.6) is 0 Å². The number of rotatable bonds is 4. The molecular formula is C22H19BrClNO3S. The second-order valence-electron chi connectivity index (χ2n) is 7.23. The molecule has 0 heterocycles. The SMILES string of the molecule is CCC1(C(=O)NS(=O)(=O)c2ccc(Br)c3ccccc23)CCc2c(Cl)cccc21. The largest absolute Gasteiger partial charge is 0.273 e. The number of fused-ring (bicyclic) bond motifs is 2. The molecule has 0 aromatic heterocycles. The Morgan fingerprint density at radius 2 is 1.83 bits per heavy atom. The van der Waals surface area contributed by atoms with Crippen LogP contribution in [0.3, 0.4) is 0 Å². The molecule has 29 heavy (non-hydrogen) atoms. The highest BCUT2D eigenvalue weighted by molar-refractivity contribution is 9.10. The predicted molar refractivity (Wildman–Crippen MR) is 119 cm³/mol. The third-order valence-electron chi connectivity index (χ3n) is 5.82. The molecular weight excluding hydrogens is 474 g/mol. The van der Waals surface area contributed by atoms with E-state index in [0.717, 1.165) is 21.0 Å². The molecule has 4 rings (SSSR count). The minimum absolute atomic E-state index is 0.0835. The van der Waals surface area contributed by atoms with Crippen LogP contribution in [-0.4, -0.2) is 14.3 Å². The Morgan fingerprint density at radius 3 is 2.55 bits per heavy atom. The van der Waals surface area contributed by atoms with E-state index in [-0.39, 0.29) is 4.90 Å². The summed E-state index contributed by atoms with van der Waals surface area (Å²) < 4.78 is 29.5. The van der Waals surface area contributed by atoms with Crippen LogP contribution in [-0.2, 0) is 26.7 Å². The van der Waals surface area contributed by atoms with Crippen molar-refractivity contribution in [1.82, 2.24) is 4.72 Å². The maximum absolute atomic E-state index is 13.3. The van der Waals surface area contributed by atoms with Crippen LogP contribution >= 0.6 is 27.5 Å². The van der Waals surface area contributed by atoms with Gasteiger partial charge in [0.2, 0.25) is 5.91 Å². The van der Waals surface area contributed by atoms with Gasteiger partial charge in [-0.15, -0.1) is 0 Å². The average molecular weight is 493 g/mol. The first-order chi connectivity index (χ1) is 13.8. The Bertz CT molecular complexity index is 1240. The van der Waals surface area contributed by atoms with Gasteiger partial charge in [-0.2, -0.15) is 0 Å². The monoisotopic (exact) mass is 491 g/mol. The van der Waals surface area contributed by atoms with Gasteiger partial charge >= 0.3 is 0 Å². The van der Waals surface area contributed by atoms with Gasteiger partial charge in [0.15, 0.2) is 0 Å². The molecule has 150 valence electrons. The lowest BCUT2D eigenvalue weighted by Gasteiger charge is -2.28. The topological polar surface area (TPSA) is 63.2 Å². The van der Waals surface area contributed by atoms with Crippen molar-refractivity contribution in [3.8, 4) is 0 Å². The van der Waals surface area contributed by atoms with Crippen molar-refractivity contribution in [2.45, 2.75) is 36.5 Å². The highest BCUT2D eigenvalue weighted by atomic mass is 79.9. The van der Waals surface area contributed by atoms with Gasteiger partial charge in [-0.3, -0.25) is 4.79 Å². The summed E-state index contributed by atoms with van der Waals surface area (Å²) in [6, 6.07) is 15.9. The highest BCUT2D eigenvalue weighted by Crippen LogP contribution is 2.44. The summed E-state index contributed by atoms with van der Waals surface area (Å²) in [5.41, 5.74) is 0.844. The molecule has 1 atom stereocenters. The maximum Gasteiger partial charge on any atom is 0.264 e. The highest BCUT2D eigenvalue weighted by Gasteiger charge is 2.45. The van der Waals surface area contributed by atoms with E-state index in [4.69, 9.17) is 11.6 Å². The molecule has 0 fully saturated rings. The molecule has 4 nitrogen and oxygen atoms in total. The quantitative estimate of drug-likeness (QED) is 0.534. The Morgan fingerprint density at radius 1 is 1.10 bits per heavy atom. The van der Waals surface area contributed by atoms with E-state index >= 15 is 0 Å². The van der Waals surface area contributed by atoms with E-state index in [1.807, 2.05) is 25.1 Å². The molecule has 0 saturated carbocycles. The third kappa shape index (κ3) is 3.27. The van der Waals surface area contributed by atoms with E-state index in [1.165, 1.54) is 6.07 Å². The molecule has 0 spiro atoms. The number of amides is 1. The molecule has 0 saturated heterocycles. The molecule has 0 bridgehead atoms. The van der Waals surface area contributed by atoms with E-state index in [0.29, 0.717) is 29.7 Å². The zero-order valence-corrected chi connectivity index (χ0v) is 18.9. The first-order valence-corrected chi connectivity index (χ1v) is 12.0. The summed E-state index contributed by atoms with van der Waals surface area (Å²) in [4.78, 5) is 13.4. The smallest absolute Gasteiger partial charge is 0.264 e. The molecule has 1 aliphatic carbocycles. The number of nitrogens with one attached hydrogen (secondary N) is 1. The van der Waals surface area contributed by atoms with Gasteiger partial charge in [0, 0.05) is 14.9 Å². The molecule has 3 aromatic rings. The van der Waals surface area contributed by atoms with Crippen molar-refractivity contribution in [1.29, 1.82) is 0 Å². The van der Waals surface area contributed by atoms with E-state index in [2.05, 4.69) is 20.7 Å². The molecule has 7 heteroatoms. The van der Waals surface area contributed by atoms with Gasteiger partial charge in [0.25, 0.3) is 10.0 Å². The Balaban J connectivity index is 1.76. The molecule has 3 aromatic carbocycles. The Labute approximate surface area is 183 Å². The summed E-state index contributed by atoms with van der Waals surface area (Å²) in [5, 5.41) is 1.95. The number of hydrogen-bond acceptors (Lipinski definition) is 3. The fraction of sp³-hybridized carbons (Fsp3) is 0.227. The lowest BCUT2D eigenvalue weighted by molar-refractivity contribution is -0.125. The van der Waals surface area contributed by atoms with Crippen molar-refractivity contribution in [3.05, 3.63) is 75.2 Å². The molecule has 1 unspecified atom stereocenters.